The second-order valence-corrected chi connectivity index (χ2v) is 9.95. The number of carbonyl (C=O) groups is 1. The van der Waals surface area contributed by atoms with Crippen LogP contribution in [0.2, 0.25) is 5.02 Å². The van der Waals surface area contributed by atoms with Crippen molar-refractivity contribution in [3.05, 3.63) is 35.9 Å². The maximum Gasteiger partial charge on any atom is 0.225 e. The molecule has 2 fully saturated rings. The van der Waals surface area contributed by atoms with Crippen LogP contribution in [0.5, 0.6) is 0 Å². The van der Waals surface area contributed by atoms with Crippen molar-refractivity contribution < 1.29 is 13.2 Å². The SMILES string of the molecule is O=C(C1CCN(c2cnccc2-n2cc(Cl)cn2)CC1)N1CCS(=O)(=O)CC1. The first kappa shape index (κ1) is 19.2. The molecular weight excluding hydrogens is 402 g/mol. The van der Waals surface area contributed by atoms with E-state index in [1.165, 1.54) is 0 Å². The Bertz CT molecular complexity index is 955. The van der Waals surface area contributed by atoms with Gasteiger partial charge in [0.25, 0.3) is 0 Å². The summed E-state index contributed by atoms with van der Waals surface area (Å²) in [5, 5.41) is 4.84. The van der Waals surface area contributed by atoms with Crippen molar-refractivity contribution in [3.8, 4) is 5.69 Å². The molecule has 4 heterocycles. The Kier molecular flexibility index (Phi) is 5.29. The molecule has 0 bridgehead atoms. The van der Waals surface area contributed by atoms with Gasteiger partial charge in [0, 0.05) is 44.5 Å². The highest BCUT2D eigenvalue weighted by atomic mass is 35.5. The molecule has 28 heavy (non-hydrogen) atoms. The van der Waals surface area contributed by atoms with E-state index >= 15 is 0 Å². The van der Waals surface area contributed by atoms with Gasteiger partial charge in [-0.2, -0.15) is 5.10 Å². The zero-order chi connectivity index (χ0) is 19.7. The molecule has 0 N–H and O–H groups in total. The molecule has 2 aliphatic heterocycles. The Morgan fingerprint density at radius 3 is 2.43 bits per heavy atom. The minimum Gasteiger partial charge on any atom is -0.368 e. The van der Waals surface area contributed by atoms with Crippen LogP contribution in [0.3, 0.4) is 0 Å². The first-order chi connectivity index (χ1) is 13.4. The summed E-state index contributed by atoms with van der Waals surface area (Å²) in [4.78, 5) is 20.9. The number of aromatic nitrogens is 3. The quantitative estimate of drug-likeness (QED) is 0.741. The number of sulfone groups is 1. The molecule has 0 radical (unpaired) electrons. The van der Waals surface area contributed by atoms with Gasteiger partial charge in [-0.15, -0.1) is 0 Å². The van der Waals surface area contributed by atoms with E-state index in [1.807, 2.05) is 12.3 Å². The lowest BCUT2D eigenvalue weighted by atomic mass is 9.95. The van der Waals surface area contributed by atoms with Crippen LogP contribution in [0.15, 0.2) is 30.9 Å². The van der Waals surface area contributed by atoms with E-state index in [0.717, 1.165) is 37.3 Å². The lowest BCUT2D eigenvalue weighted by molar-refractivity contribution is -0.135. The molecule has 0 aromatic carbocycles. The monoisotopic (exact) mass is 423 g/mol. The molecule has 150 valence electrons. The predicted octanol–water partition coefficient (Wildman–Crippen LogP) is 1.39. The number of pyridine rings is 1. The third kappa shape index (κ3) is 4.00. The van der Waals surface area contributed by atoms with Gasteiger partial charge in [-0.3, -0.25) is 9.78 Å². The van der Waals surface area contributed by atoms with Gasteiger partial charge in [0.2, 0.25) is 5.91 Å². The summed E-state index contributed by atoms with van der Waals surface area (Å²) in [7, 11) is -2.98. The Morgan fingerprint density at radius 2 is 1.79 bits per heavy atom. The van der Waals surface area contributed by atoms with Gasteiger partial charge in [0.05, 0.1) is 40.3 Å². The molecule has 0 aliphatic carbocycles. The van der Waals surface area contributed by atoms with E-state index in [2.05, 4.69) is 15.0 Å². The van der Waals surface area contributed by atoms with Gasteiger partial charge in [0.1, 0.15) is 0 Å². The van der Waals surface area contributed by atoms with Crippen LogP contribution in [0, 0.1) is 5.92 Å². The molecule has 0 atom stereocenters. The number of anilines is 1. The van der Waals surface area contributed by atoms with Crippen molar-refractivity contribution in [1.29, 1.82) is 0 Å². The van der Waals surface area contributed by atoms with E-state index in [0.29, 0.717) is 18.1 Å². The van der Waals surface area contributed by atoms with Crippen molar-refractivity contribution >= 4 is 33.0 Å². The molecule has 2 aromatic heterocycles. The molecule has 2 aromatic rings. The minimum atomic E-state index is -2.98. The Hall–Kier alpha value is -2.13. The van der Waals surface area contributed by atoms with Crippen LogP contribution in [0.25, 0.3) is 5.69 Å². The van der Waals surface area contributed by atoms with Gasteiger partial charge in [-0.1, -0.05) is 11.6 Å². The fourth-order valence-electron chi connectivity index (χ4n) is 3.81. The van der Waals surface area contributed by atoms with Crippen LogP contribution in [-0.2, 0) is 14.6 Å². The molecule has 0 saturated carbocycles. The summed E-state index contributed by atoms with van der Waals surface area (Å²) >= 11 is 6.00. The van der Waals surface area contributed by atoms with E-state index in [-0.39, 0.29) is 23.3 Å². The van der Waals surface area contributed by atoms with E-state index in [9.17, 15) is 13.2 Å². The fraction of sp³-hybridized carbons (Fsp3) is 0.500. The number of piperidine rings is 1. The summed E-state index contributed by atoms with van der Waals surface area (Å²) in [6, 6.07) is 1.89. The van der Waals surface area contributed by atoms with Crippen molar-refractivity contribution in [2.45, 2.75) is 12.8 Å². The zero-order valence-corrected chi connectivity index (χ0v) is 16.9. The summed E-state index contributed by atoms with van der Waals surface area (Å²) in [5.41, 5.74) is 1.85. The molecule has 2 aliphatic rings. The van der Waals surface area contributed by atoms with Gasteiger partial charge < -0.3 is 9.80 Å². The summed E-state index contributed by atoms with van der Waals surface area (Å²) < 4.78 is 24.9. The first-order valence-corrected chi connectivity index (χ1v) is 11.5. The van der Waals surface area contributed by atoms with Crippen molar-refractivity contribution in [2.24, 2.45) is 5.92 Å². The molecule has 4 rings (SSSR count). The maximum absolute atomic E-state index is 12.8. The normalized spacial score (nSPS) is 20.3. The number of hydrogen-bond acceptors (Lipinski definition) is 6. The van der Waals surface area contributed by atoms with Crippen molar-refractivity contribution in [2.75, 3.05) is 42.6 Å². The van der Waals surface area contributed by atoms with Crippen LogP contribution < -0.4 is 4.90 Å². The smallest absolute Gasteiger partial charge is 0.225 e. The Morgan fingerprint density at radius 1 is 1.07 bits per heavy atom. The predicted molar refractivity (Wildman–Crippen MR) is 107 cm³/mol. The van der Waals surface area contributed by atoms with Gasteiger partial charge in [-0.25, -0.2) is 13.1 Å². The number of amides is 1. The highest BCUT2D eigenvalue weighted by Crippen LogP contribution is 2.29. The lowest BCUT2D eigenvalue weighted by Gasteiger charge is -2.36. The first-order valence-electron chi connectivity index (χ1n) is 9.32. The second-order valence-electron chi connectivity index (χ2n) is 7.21. The third-order valence-corrected chi connectivity index (χ3v) is 7.22. The maximum atomic E-state index is 12.8. The van der Waals surface area contributed by atoms with Crippen molar-refractivity contribution in [1.82, 2.24) is 19.7 Å². The van der Waals surface area contributed by atoms with Gasteiger partial charge in [0.15, 0.2) is 9.84 Å². The van der Waals surface area contributed by atoms with Crippen LogP contribution in [0.1, 0.15) is 12.8 Å². The molecule has 2 saturated heterocycles. The molecular formula is C18H22ClN5O3S. The number of carbonyl (C=O) groups excluding carboxylic acids is 1. The molecule has 10 heteroatoms. The standard InChI is InChI=1S/C18H22ClN5O3S/c19-15-11-21-24(13-15)16-1-4-20-12-17(16)22-5-2-14(3-6-22)18(25)23-7-9-28(26,27)10-8-23/h1,4,11-14H,2-3,5-10H2. The lowest BCUT2D eigenvalue weighted by Crippen LogP contribution is -2.48. The summed E-state index contributed by atoms with van der Waals surface area (Å²) in [6.07, 6.45) is 8.33. The van der Waals surface area contributed by atoms with Crippen molar-refractivity contribution in [3.63, 3.8) is 0 Å². The van der Waals surface area contributed by atoms with Crippen LogP contribution in [0.4, 0.5) is 5.69 Å². The average Bonchev–Trinajstić information content (AvgIpc) is 3.14. The largest absolute Gasteiger partial charge is 0.368 e. The Labute approximate surface area is 169 Å². The average molecular weight is 424 g/mol. The van der Waals surface area contributed by atoms with Crippen LogP contribution >= 0.6 is 11.6 Å². The summed E-state index contributed by atoms with van der Waals surface area (Å²) in [6.45, 7) is 2.09. The number of nitrogens with zero attached hydrogens (tertiary/aromatic N) is 5. The zero-order valence-electron chi connectivity index (χ0n) is 15.4. The minimum absolute atomic E-state index is 0.0590. The molecule has 0 spiro atoms. The van der Waals surface area contributed by atoms with E-state index in [4.69, 9.17) is 11.6 Å². The van der Waals surface area contributed by atoms with Gasteiger partial charge >= 0.3 is 0 Å². The van der Waals surface area contributed by atoms with E-state index < -0.39 is 9.84 Å². The highest BCUT2D eigenvalue weighted by molar-refractivity contribution is 7.91. The third-order valence-electron chi connectivity index (χ3n) is 5.42. The Balaban J connectivity index is 1.42. The molecule has 8 nitrogen and oxygen atoms in total. The molecule has 1 amide bonds. The number of rotatable bonds is 3. The topological polar surface area (TPSA) is 88.4 Å². The fourth-order valence-corrected chi connectivity index (χ4v) is 5.14. The van der Waals surface area contributed by atoms with E-state index in [1.54, 1.807) is 28.2 Å². The summed E-state index contributed by atoms with van der Waals surface area (Å²) in [5.74, 6) is 0.169. The van der Waals surface area contributed by atoms with Crippen LogP contribution in [-0.4, -0.2) is 71.7 Å². The molecule has 0 unspecified atom stereocenters. The number of hydrogen-bond donors (Lipinski definition) is 0. The second kappa shape index (κ2) is 7.71. The van der Waals surface area contributed by atoms with Gasteiger partial charge in [-0.05, 0) is 18.9 Å². The number of halogens is 1. The highest BCUT2D eigenvalue weighted by Gasteiger charge is 2.32.